The van der Waals surface area contributed by atoms with Crippen LogP contribution in [0.3, 0.4) is 0 Å². The molecule has 0 saturated carbocycles. The summed E-state index contributed by atoms with van der Waals surface area (Å²) >= 11 is 0. The Hall–Kier alpha value is -1.53. The van der Waals surface area contributed by atoms with Crippen LogP contribution in [0, 0.1) is 5.41 Å². The van der Waals surface area contributed by atoms with E-state index in [0.717, 1.165) is 0 Å². The third-order valence-electron chi connectivity index (χ3n) is 2.70. The monoisotopic (exact) mass is 240 g/mol. The Labute approximate surface area is 99.3 Å². The summed E-state index contributed by atoms with van der Waals surface area (Å²) in [4.78, 5) is 19.1. The maximum atomic E-state index is 11.1. The van der Waals surface area contributed by atoms with Crippen molar-refractivity contribution in [2.24, 2.45) is 5.41 Å². The predicted octanol–water partition coefficient (Wildman–Crippen LogP) is 0.637. The van der Waals surface area contributed by atoms with Crippen LogP contribution in [0.5, 0.6) is 0 Å². The molecule has 0 radical (unpaired) electrons. The van der Waals surface area contributed by atoms with Gasteiger partial charge in [0.15, 0.2) is 0 Å². The summed E-state index contributed by atoms with van der Waals surface area (Å²) in [5, 5.41) is 18.2. The van der Waals surface area contributed by atoms with E-state index in [9.17, 15) is 9.90 Å². The molecule has 0 aliphatic heterocycles. The SMILES string of the molecule is COC(CC(C)(CO)C(=O)O)c1cnccn1. The second kappa shape index (κ2) is 5.70. The van der Waals surface area contributed by atoms with Crippen LogP contribution in [-0.4, -0.2) is 39.9 Å². The van der Waals surface area contributed by atoms with Gasteiger partial charge in [0, 0.05) is 19.5 Å². The minimum absolute atomic E-state index is 0.133. The largest absolute Gasteiger partial charge is 0.481 e. The molecule has 0 aliphatic carbocycles. The first-order valence-corrected chi connectivity index (χ1v) is 5.16. The standard InChI is InChI=1S/C11H16N2O4/c1-11(7-14,10(15)16)5-9(17-2)8-6-12-3-4-13-8/h3-4,6,9,14H,5,7H2,1-2H3,(H,15,16). The second-order valence-electron chi connectivity index (χ2n) is 4.08. The molecule has 6 nitrogen and oxygen atoms in total. The Bertz CT molecular complexity index is 371. The van der Waals surface area contributed by atoms with E-state index in [2.05, 4.69) is 9.97 Å². The molecule has 0 fully saturated rings. The minimum atomic E-state index is -1.25. The van der Waals surface area contributed by atoms with Crippen molar-refractivity contribution in [3.63, 3.8) is 0 Å². The van der Waals surface area contributed by atoms with E-state index >= 15 is 0 Å². The summed E-state index contributed by atoms with van der Waals surface area (Å²) in [6, 6.07) is 0. The van der Waals surface area contributed by atoms with Gasteiger partial charge in [0.25, 0.3) is 0 Å². The van der Waals surface area contributed by atoms with Crippen LogP contribution < -0.4 is 0 Å². The number of aromatic nitrogens is 2. The highest BCUT2D eigenvalue weighted by Gasteiger charge is 2.36. The van der Waals surface area contributed by atoms with Crippen LogP contribution in [0.1, 0.15) is 25.1 Å². The molecule has 1 aromatic heterocycles. The van der Waals surface area contributed by atoms with Crippen LogP contribution in [0.2, 0.25) is 0 Å². The summed E-state index contributed by atoms with van der Waals surface area (Å²) in [6.45, 7) is 1.01. The van der Waals surface area contributed by atoms with Gasteiger partial charge < -0.3 is 14.9 Å². The van der Waals surface area contributed by atoms with Gasteiger partial charge in [0.2, 0.25) is 0 Å². The molecule has 0 aromatic carbocycles. The summed E-state index contributed by atoms with van der Waals surface area (Å²) in [6.07, 6.45) is 4.19. The van der Waals surface area contributed by atoms with Gasteiger partial charge in [-0.2, -0.15) is 0 Å². The predicted molar refractivity (Wildman–Crippen MR) is 59.2 cm³/mol. The fourth-order valence-corrected chi connectivity index (χ4v) is 1.41. The Kier molecular flexibility index (Phi) is 4.53. The van der Waals surface area contributed by atoms with E-state index in [4.69, 9.17) is 9.84 Å². The Morgan fingerprint density at radius 1 is 1.59 bits per heavy atom. The molecule has 0 spiro atoms. The molecule has 6 heteroatoms. The molecule has 1 aromatic rings. The number of rotatable bonds is 6. The van der Waals surface area contributed by atoms with Gasteiger partial charge in [0.1, 0.15) is 6.10 Å². The molecule has 0 aliphatic rings. The number of hydrogen-bond donors (Lipinski definition) is 2. The topological polar surface area (TPSA) is 92.5 Å². The minimum Gasteiger partial charge on any atom is -0.481 e. The maximum Gasteiger partial charge on any atom is 0.311 e. The summed E-state index contributed by atoms with van der Waals surface area (Å²) < 4.78 is 5.21. The average Bonchev–Trinajstić information content (AvgIpc) is 2.36. The molecule has 2 N–H and O–H groups in total. The van der Waals surface area contributed by atoms with Gasteiger partial charge in [-0.3, -0.25) is 14.8 Å². The molecular formula is C11H16N2O4. The van der Waals surface area contributed by atoms with E-state index in [-0.39, 0.29) is 6.42 Å². The number of methoxy groups -OCH3 is 1. The van der Waals surface area contributed by atoms with Gasteiger partial charge in [-0.1, -0.05) is 0 Å². The molecule has 94 valence electrons. The third kappa shape index (κ3) is 3.21. The highest BCUT2D eigenvalue weighted by Crippen LogP contribution is 2.31. The quantitative estimate of drug-likeness (QED) is 0.758. The van der Waals surface area contributed by atoms with Gasteiger partial charge in [-0.15, -0.1) is 0 Å². The lowest BCUT2D eigenvalue weighted by molar-refractivity contribution is -0.153. The van der Waals surface area contributed by atoms with Crippen molar-refractivity contribution in [3.8, 4) is 0 Å². The van der Waals surface area contributed by atoms with E-state index in [0.29, 0.717) is 5.69 Å². The Morgan fingerprint density at radius 2 is 2.29 bits per heavy atom. The number of carboxylic acids is 1. The van der Waals surface area contributed by atoms with Crippen LogP contribution in [0.15, 0.2) is 18.6 Å². The second-order valence-corrected chi connectivity index (χ2v) is 4.08. The third-order valence-corrected chi connectivity index (χ3v) is 2.70. The zero-order valence-electron chi connectivity index (χ0n) is 9.83. The van der Waals surface area contributed by atoms with Crippen molar-refractivity contribution >= 4 is 5.97 Å². The van der Waals surface area contributed by atoms with E-state index < -0.39 is 24.1 Å². The molecule has 2 unspecified atom stereocenters. The highest BCUT2D eigenvalue weighted by molar-refractivity contribution is 5.74. The number of aliphatic hydroxyl groups is 1. The molecule has 1 heterocycles. The average molecular weight is 240 g/mol. The number of aliphatic hydroxyl groups excluding tert-OH is 1. The van der Waals surface area contributed by atoms with Crippen molar-refractivity contribution in [2.75, 3.05) is 13.7 Å². The number of nitrogens with zero attached hydrogens (tertiary/aromatic N) is 2. The lowest BCUT2D eigenvalue weighted by Gasteiger charge is -2.26. The molecule has 1 rings (SSSR count). The number of ether oxygens (including phenoxy) is 1. The fraction of sp³-hybridized carbons (Fsp3) is 0.545. The Balaban J connectivity index is 2.87. The molecule has 0 saturated heterocycles. The summed E-state index contributed by atoms with van der Waals surface area (Å²) in [5.74, 6) is -1.06. The van der Waals surface area contributed by atoms with E-state index in [1.54, 1.807) is 0 Å². The van der Waals surface area contributed by atoms with Gasteiger partial charge in [0.05, 0.1) is 23.9 Å². The van der Waals surface area contributed by atoms with Crippen molar-refractivity contribution < 1.29 is 19.7 Å². The highest BCUT2D eigenvalue weighted by atomic mass is 16.5. The first kappa shape index (κ1) is 13.5. The van der Waals surface area contributed by atoms with Crippen LogP contribution in [-0.2, 0) is 9.53 Å². The summed E-state index contributed by atoms with van der Waals surface area (Å²) in [7, 11) is 1.47. The maximum absolute atomic E-state index is 11.1. The lowest BCUT2D eigenvalue weighted by Crippen LogP contribution is -2.33. The van der Waals surface area contributed by atoms with Crippen LogP contribution >= 0.6 is 0 Å². The van der Waals surface area contributed by atoms with Gasteiger partial charge in [-0.05, 0) is 13.3 Å². The normalized spacial score (nSPS) is 16.2. The molecule has 0 amide bonds. The Morgan fingerprint density at radius 3 is 2.71 bits per heavy atom. The van der Waals surface area contributed by atoms with Crippen molar-refractivity contribution in [1.29, 1.82) is 0 Å². The molecule has 0 bridgehead atoms. The number of carboxylic acid groups (broad SMARTS) is 1. The van der Waals surface area contributed by atoms with Crippen molar-refractivity contribution in [3.05, 3.63) is 24.3 Å². The van der Waals surface area contributed by atoms with E-state index in [1.807, 2.05) is 0 Å². The smallest absolute Gasteiger partial charge is 0.311 e. The zero-order chi connectivity index (χ0) is 12.9. The van der Waals surface area contributed by atoms with Crippen LogP contribution in [0.4, 0.5) is 0 Å². The number of carbonyl (C=O) groups is 1. The fourth-order valence-electron chi connectivity index (χ4n) is 1.41. The zero-order valence-corrected chi connectivity index (χ0v) is 9.83. The van der Waals surface area contributed by atoms with E-state index in [1.165, 1.54) is 32.6 Å². The van der Waals surface area contributed by atoms with Crippen molar-refractivity contribution in [2.45, 2.75) is 19.4 Å². The first-order chi connectivity index (χ1) is 8.03. The molecule has 17 heavy (non-hydrogen) atoms. The molecular weight excluding hydrogens is 224 g/mol. The van der Waals surface area contributed by atoms with Gasteiger partial charge in [-0.25, -0.2) is 0 Å². The van der Waals surface area contributed by atoms with Crippen molar-refractivity contribution in [1.82, 2.24) is 9.97 Å². The first-order valence-electron chi connectivity index (χ1n) is 5.16. The van der Waals surface area contributed by atoms with Gasteiger partial charge >= 0.3 is 5.97 Å². The number of hydrogen-bond acceptors (Lipinski definition) is 5. The van der Waals surface area contributed by atoms with Crippen LogP contribution in [0.25, 0.3) is 0 Å². The molecule has 2 atom stereocenters. The lowest BCUT2D eigenvalue weighted by atomic mass is 9.84. The summed E-state index contributed by atoms with van der Waals surface area (Å²) in [5.41, 5.74) is -0.700. The number of aliphatic carboxylic acids is 1.